The first-order valence-electron chi connectivity index (χ1n) is 8.22. The number of non-ortho nitro benzene ring substituents is 1. The van der Waals surface area contributed by atoms with Gasteiger partial charge in [0, 0.05) is 17.7 Å². The summed E-state index contributed by atoms with van der Waals surface area (Å²) in [5.74, 6) is -3.12. The number of oxime groups is 1. The molecular formula is C18H10F3N3O5. The van der Waals surface area contributed by atoms with Crippen molar-refractivity contribution in [2.75, 3.05) is 4.90 Å². The monoisotopic (exact) mass is 405 g/mol. The lowest BCUT2D eigenvalue weighted by molar-refractivity contribution is -0.384. The SMILES string of the molecule is O=C1[C@@H]2C(c3ccc([N+](=O)[O-])cc3)=NO[C@@H]2C(=O)N1c1ccccc1C(F)(F)F. The van der Waals surface area contributed by atoms with Gasteiger partial charge in [-0.1, -0.05) is 17.3 Å². The molecule has 0 N–H and O–H groups in total. The lowest BCUT2D eigenvalue weighted by Gasteiger charge is -2.20. The van der Waals surface area contributed by atoms with Crippen LogP contribution in [0.25, 0.3) is 0 Å². The number of fused-ring (bicyclic) bond motifs is 1. The maximum atomic E-state index is 13.3. The van der Waals surface area contributed by atoms with Crippen LogP contribution in [0, 0.1) is 16.0 Å². The number of carbonyl (C=O) groups is 2. The van der Waals surface area contributed by atoms with Crippen molar-refractivity contribution >= 4 is 28.9 Å². The van der Waals surface area contributed by atoms with Crippen LogP contribution < -0.4 is 4.90 Å². The van der Waals surface area contributed by atoms with Gasteiger partial charge in [0.05, 0.1) is 16.2 Å². The number of nitrogens with zero attached hydrogens (tertiary/aromatic N) is 3. The fraction of sp³-hybridized carbons (Fsp3) is 0.167. The number of para-hydroxylation sites is 1. The number of halogens is 3. The predicted octanol–water partition coefficient (Wildman–Crippen LogP) is 2.91. The summed E-state index contributed by atoms with van der Waals surface area (Å²) in [4.78, 5) is 41.2. The zero-order valence-electron chi connectivity index (χ0n) is 14.3. The van der Waals surface area contributed by atoms with Crippen LogP contribution in [0.2, 0.25) is 0 Å². The van der Waals surface area contributed by atoms with Gasteiger partial charge in [-0.3, -0.25) is 19.7 Å². The molecule has 2 amide bonds. The summed E-state index contributed by atoms with van der Waals surface area (Å²) in [6, 6.07) is 9.26. The Morgan fingerprint density at radius 3 is 2.31 bits per heavy atom. The molecule has 29 heavy (non-hydrogen) atoms. The molecule has 0 saturated carbocycles. The maximum Gasteiger partial charge on any atom is 0.418 e. The van der Waals surface area contributed by atoms with E-state index in [1.165, 1.54) is 30.3 Å². The van der Waals surface area contributed by atoms with Crippen molar-refractivity contribution in [3.63, 3.8) is 0 Å². The summed E-state index contributed by atoms with van der Waals surface area (Å²) in [6.45, 7) is 0. The van der Waals surface area contributed by atoms with Crippen LogP contribution >= 0.6 is 0 Å². The van der Waals surface area contributed by atoms with Gasteiger partial charge in [-0.2, -0.15) is 13.2 Å². The van der Waals surface area contributed by atoms with Gasteiger partial charge in [-0.15, -0.1) is 0 Å². The molecule has 2 aliphatic rings. The fourth-order valence-corrected chi connectivity index (χ4v) is 3.32. The van der Waals surface area contributed by atoms with E-state index in [1.807, 2.05) is 0 Å². The largest absolute Gasteiger partial charge is 0.418 e. The average molecular weight is 405 g/mol. The number of carbonyl (C=O) groups excluding carboxylic acids is 2. The second-order valence-corrected chi connectivity index (χ2v) is 6.31. The van der Waals surface area contributed by atoms with Crippen molar-refractivity contribution in [1.82, 2.24) is 0 Å². The van der Waals surface area contributed by atoms with Gasteiger partial charge >= 0.3 is 6.18 Å². The standard InChI is InChI=1S/C18H10F3N3O5/c19-18(20,21)11-3-1-2-4-12(11)23-16(25)13-14(22-29-15(13)17(23)26)9-5-7-10(8-6-9)24(27)28/h1-8,13,15H/t13-,15+/m1/s1. The van der Waals surface area contributed by atoms with Gasteiger partial charge in [0.1, 0.15) is 11.6 Å². The number of nitro groups is 1. The number of rotatable bonds is 3. The Hall–Kier alpha value is -3.76. The van der Waals surface area contributed by atoms with Crippen molar-refractivity contribution in [3.8, 4) is 0 Å². The second kappa shape index (κ2) is 6.40. The Balaban J connectivity index is 1.71. The molecule has 2 aromatic carbocycles. The molecule has 148 valence electrons. The van der Waals surface area contributed by atoms with E-state index in [9.17, 15) is 32.9 Å². The van der Waals surface area contributed by atoms with Crippen LogP contribution in [0.5, 0.6) is 0 Å². The Kier molecular flexibility index (Phi) is 4.10. The molecule has 0 bridgehead atoms. The van der Waals surface area contributed by atoms with E-state index in [0.717, 1.165) is 18.2 Å². The highest BCUT2D eigenvalue weighted by atomic mass is 19.4. The molecule has 0 unspecified atom stereocenters. The number of nitro benzene ring substituents is 1. The molecule has 0 aliphatic carbocycles. The summed E-state index contributed by atoms with van der Waals surface area (Å²) in [5, 5.41) is 14.5. The van der Waals surface area contributed by atoms with E-state index in [0.29, 0.717) is 4.90 Å². The normalized spacial score (nSPS) is 21.1. The quantitative estimate of drug-likeness (QED) is 0.444. The minimum Gasteiger partial charge on any atom is -0.381 e. The summed E-state index contributed by atoms with van der Waals surface area (Å²) < 4.78 is 40.0. The smallest absolute Gasteiger partial charge is 0.381 e. The first-order valence-corrected chi connectivity index (χ1v) is 8.22. The zero-order chi connectivity index (χ0) is 20.9. The number of alkyl halides is 3. The van der Waals surface area contributed by atoms with Crippen molar-refractivity contribution in [2.45, 2.75) is 12.3 Å². The highest BCUT2D eigenvalue weighted by Crippen LogP contribution is 2.41. The number of imide groups is 1. The topological polar surface area (TPSA) is 102 Å². The molecular weight excluding hydrogens is 395 g/mol. The van der Waals surface area contributed by atoms with Crippen LogP contribution in [-0.2, 0) is 20.6 Å². The number of amides is 2. The van der Waals surface area contributed by atoms with E-state index in [1.54, 1.807) is 0 Å². The van der Waals surface area contributed by atoms with E-state index in [2.05, 4.69) is 5.16 Å². The van der Waals surface area contributed by atoms with E-state index in [-0.39, 0.29) is 17.0 Å². The lowest BCUT2D eigenvalue weighted by atomic mass is 9.94. The predicted molar refractivity (Wildman–Crippen MR) is 91.9 cm³/mol. The Labute approximate surface area is 160 Å². The molecule has 0 spiro atoms. The molecule has 1 saturated heterocycles. The molecule has 8 nitrogen and oxygen atoms in total. The minimum absolute atomic E-state index is 0.0234. The van der Waals surface area contributed by atoms with Crippen molar-refractivity contribution in [2.24, 2.45) is 11.1 Å². The Bertz CT molecular complexity index is 1070. The van der Waals surface area contributed by atoms with Gasteiger partial charge in [0.15, 0.2) is 0 Å². The van der Waals surface area contributed by atoms with Crippen molar-refractivity contribution in [3.05, 3.63) is 69.8 Å². The summed E-state index contributed by atoms with van der Waals surface area (Å²) in [6.07, 6.45) is -6.17. The zero-order valence-corrected chi connectivity index (χ0v) is 14.3. The van der Waals surface area contributed by atoms with Crippen molar-refractivity contribution < 1.29 is 32.5 Å². The van der Waals surface area contributed by atoms with Gasteiger partial charge in [-0.05, 0) is 24.3 Å². The fourth-order valence-electron chi connectivity index (χ4n) is 3.32. The lowest BCUT2D eigenvalue weighted by Crippen LogP contribution is -2.34. The van der Waals surface area contributed by atoms with Crippen LogP contribution in [0.1, 0.15) is 11.1 Å². The van der Waals surface area contributed by atoms with Gasteiger partial charge in [0.2, 0.25) is 12.0 Å². The van der Waals surface area contributed by atoms with Crippen LogP contribution in [0.4, 0.5) is 24.5 Å². The first-order chi connectivity index (χ1) is 13.7. The number of hydrogen-bond acceptors (Lipinski definition) is 6. The van der Waals surface area contributed by atoms with Gasteiger partial charge in [0.25, 0.3) is 11.6 Å². The molecule has 0 radical (unpaired) electrons. The molecule has 11 heteroatoms. The number of hydrogen-bond donors (Lipinski definition) is 0. The first kappa shape index (κ1) is 18.6. The Morgan fingerprint density at radius 1 is 1.03 bits per heavy atom. The molecule has 2 aliphatic heterocycles. The summed E-state index contributed by atoms with van der Waals surface area (Å²) >= 11 is 0. The number of benzene rings is 2. The van der Waals surface area contributed by atoms with Crippen LogP contribution in [0.3, 0.4) is 0 Å². The molecule has 2 heterocycles. The van der Waals surface area contributed by atoms with Crippen LogP contribution in [0.15, 0.2) is 53.7 Å². The molecule has 0 aromatic heterocycles. The van der Waals surface area contributed by atoms with E-state index in [4.69, 9.17) is 4.84 Å². The molecule has 2 aromatic rings. The third kappa shape index (κ3) is 2.91. The third-order valence-corrected chi connectivity index (χ3v) is 4.64. The van der Waals surface area contributed by atoms with E-state index < -0.39 is 46.2 Å². The molecule has 2 atom stereocenters. The summed E-state index contributed by atoms with van der Waals surface area (Å²) in [5.41, 5.74) is -1.60. The Morgan fingerprint density at radius 2 is 1.69 bits per heavy atom. The second-order valence-electron chi connectivity index (χ2n) is 6.31. The average Bonchev–Trinajstić information content (AvgIpc) is 3.21. The molecule has 1 fully saturated rings. The number of anilines is 1. The molecule has 4 rings (SSSR count). The van der Waals surface area contributed by atoms with Crippen molar-refractivity contribution in [1.29, 1.82) is 0 Å². The maximum absolute atomic E-state index is 13.3. The van der Waals surface area contributed by atoms with Gasteiger partial charge in [-0.25, -0.2) is 4.90 Å². The third-order valence-electron chi connectivity index (χ3n) is 4.64. The highest BCUT2D eigenvalue weighted by Gasteiger charge is 2.57. The van der Waals surface area contributed by atoms with Crippen LogP contribution in [-0.4, -0.2) is 28.6 Å². The summed E-state index contributed by atoms with van der Waals surface area (Å²) in [7, 11) is 0. The minimum atomic E-state index is -4.77. The highest BCUT2D eigenvalue weighted by molar-refractivity contribution is 6.32. The van der Waals surface area contributed by atoms with E-state index >= 15 is 0 Å². The van der Waals surface area contributed by atoms with Gasteiger partial charge < -0.3 is 4.84 Å².